The predicted octanol–water partition coefficient (Wildman–Crippen LogP) is 13.3. The summed E-state index contributed by atoms with van der Waals surface area (Å²) < 4.78 is 8.50. The van der Waals surface area contributed by atoms with E-state index >= 15 is 0 Å². The summed E-state index contributed by atoms with van der Waals surface area (Å²) in [6, 6.07) is 45.3. The number of hydrogen-bond acceptors (Lipinski definition) is 7. The molecule has 0 bridgehead atoms. The van der Waals surface area contributed by atoms with E-state index in [-0.39, 0.29) is 5.69 Å². The fourth-order valence-corrected chi connectivity index (χ4v) is 9.69. The van der Waals surface area contributed by atoms with Crippen molar-refractivity contribution >= 4 is 77.3 Å². The number of phenolic OH excluding ortho intramolecular Hbond substituents is 5. The van der Waals surface area contributed by atoms with Gasteiger partial charge in [-0.2, -0.15) is 0 Å². The first-order chi connectivity index (χ1) is 29.8. The summed E-state index contributed by atoms with van der Waals surface area (Å²) in [6.45, 7) is 0. The van der Waals surface area contributed by atoms with Crippen molar-refractivity contribution in [2.24, 2.45) is 0 Å². The normalized spacial score (nSPS) is 13.4. The maximum Gasteiger partial charge on any atom is 0.208 e. The van der Waals surface area contributed by atoms with E-state index in [1.54, 1.807) is 12.1 Å². The highest BCUT2D eigenvalue weighted by molar-refractivity contribution is 6.17. The molecule has 0 atom stereocenters. The van der Waals surface area contributed by atoms with Gasteiger partial charge < -0.3 is 39.4 Å². The van der Waals surface area contributed by atoms with Gasteiger partial charge in [0.05, 0.1) is 11.0 Å². The van der Waals surface area contributed by atoms with E-state index < -0.39 is 28.7 Å². The first kappa shape index (κ1) is 34.9. The van der Waals surface area contributed by atoms with E-state index in [2.05, 4.69) is 89.5 Å². The summed E-state index contributed by atoms with van der Waals surface area (Å²) in [4.78, 5) is 1.53. The SMILES string of the molecule is Oc1c(O)c(O)c(N(c2ccc(-c3ccc4c(c3)c3cc5ccc6c(c5cc3n4C3=CC=CCC3)-c3ccccc3C6)cc2)c2ccc3oc4ccccc4c3c2)c(O)c1O. The minimum absolute atomic E-state index is 0.310. The molecule has 2 aromatic heterocycles. The minimum atomic E-state index is -1.03. The molecule has 2 aliphatic rings. The van der Waals surface area contributed by atoms with E-state index in [1.807, 2.05) is 54.6 Å². The second-order valence-corrected chi connectivity index (χ2v) is 16.0. The zero-order chi connectivity index (χ0) is 41.1. The molecule has 0 unspecified atom stereocenters. The molecular weight excluding hydrogens is 761 g/mol. The van der Waals surface area contributed by atoms with Crippen molar-refractivity contribution in [3.8, 4) is 51.0 Å². The monoisotopic (exact) mass is 796 g/mol. The van der Waals surface area contributed by atoms with Crippen LogP contribution in [0.2, 0.25) is 0 Å². The van der Waals surface area contributed by atoms with Crippen LogP contribution in [-0.4, -0.2) is 30.1 Å². The zero-order valence-electron chi connectivity index (χ0n) is 32.6. The van der Waals surface area contributed by atoms with E-state index in [0.717, 1.165) is 52.1 Å². The molecule has 2 heterocycles. The van der Waals surface area contributed by atoms with Crippen molar-refractivity contribution in [2.45, 2.75) is 19.3 Å². The second kappa shape index (κ2) is 12.9. The Hall–Kier alpha value is -8.10. The van der Waals surface area contributed by atoms with Crippen LogP contribution < -0.4 is 4.90 Å². The van der Waals surface area contributed by atoms with Crippen LogP contribution in [0.5, 0.6) is 28.7 Å². The standard InChI is InChI=1S/C53H36N2O6/c56-49-48(50(57)52(59)53(60)51(49)58)54(36-21-23-46-42(27-36)38-12-6-7-13-45(38)61-46)35-19-16-29(17-20-35)30-18-22-43-40(25-30)41-26-32-14-15-33-24-31-8-4-5-11-37(31)47(33)39(32)28-44(41)55(43)34-9-2-1-3-10-34/h1-2,4-9,11-23,25-28,56-60H,3,10,24H2. The molecule has 0 spiro atoms. The highest BCUT2D eigenvalue weighted by atomic mass is 16.4. The largest absolute Gasteiger partial charge is 0.503 e. The summed E-state index contributed by atoms with van der Waals surface area (Å²) in [5.74, 6) is -4.56. The van der Waals surface area contributed by atoms with Gasteiger partial charge in [0.25, 0.3) is 0 Å². The fraction of sp³-hybridized carbons (Fsp3) is 0.0566. The van der Waals surface area contributed by atoms with Gasteiger partial charge in [0.1, 0.15) is 16.9 Å². The Morgan fingerprint density at radius 1 is 0.525 bits per heavy atom. The summed E-state index contributed by atoms with van der Waals surface area (Å²) >= 11 is 0. The Kier molecular flexibility index (Phi) is 7.41. The third-order valence-electron chi connectivity index (χ3n) is 12.6. The molecule has 8 aromatic carbocycles. The Morgan fingerprint density at radius 2 is 1.25 bits per heavy atom. The maximum absolute atomic E-state index is 11.2. The molecule has 294 valence electrons. The number of para-hydroxylation sites is 1. The zero-order valence-corrected chi connectivity index (χ0v) is 32.6. The summed E-state index contributed by atoms with van der Waals surface area (Å²) in [6.07, 6.45) is 9.46. The van der Waals surface area contributed by atoms with Crippen molar-refractivity contribution in [1.82, 2.24) is 4.57 Å². The van der Waals surface area contributed by atoms with Crippen molar-refractivity contribution in [3.63, 3.8) is 0 Å². The minimum Gasteiger partial charge on any atom is -0.503 e. The average molecular weight is 797 g/mol. The van der Waals surface area contributed by atoms with Gasteiger partial charge in [-0.3, -0.25) is 0 Å². The number of aromatic hydroxyl groups is 5. The first-order valence-corrected chi connectivity index (χ1v) is 20.3. The smallest absolute Gasteiger partial charge is 0.208 e. The molecule has 0 fully saturated rings. The average Bonchev–Trinajstić information content (AvgIpc) is 3.98. The number of allylic oxidation sites excluding steroid dienone is 4. The van der Waals surface area contributed by atoms with Gasteiger partial charge in [-0.05, 0) is 130 Å². The van der Waals surface area contributed by atoms with E-state index in [1.165, 1.54) is 54.5 Å². The van der Waals surface area contributed by atoms with Crippen LogP contribution >= 0.6 is 0 Å². The molecule has 0 amide bonds. The van der Waals surface area contributed by atoms with Gasteiger partial charge in [-0.15, -0.1) is 0 Å². The highest BCUT2D eigenvalue weighted by Crippen LogP contribution is 2.58. The number of hydrogen-bond donors (Lipinski definition) is 5. The number of furan rings is 1. The Bertz CT molecular complexity index is 3540. The molecule has 0 saturated carbocycles. The lowest BCUT2D eigenvalue weighted by atomic mass is 9.96. The number of anilines is 3. The lowest BCUT2D eigenvalue weighted by Crippen LogP contribution is -2.10. The predicted molar refractivity (Wildman–Crippen MR) is 244 cm³/mol. The quantitative estimate of drug-likeness (QED) is 0.0868. The molecular formula is C53H36N2O6. The Labute approximate surface area is 348 Å². The molecule has 0 saturated heterocycles. The third kappa shape index (κ3) is 5.12. The topological polar surface area (TPSA) is 122 Å². The van der Waals surface area contributed by atoms with Gasteiger partial charge in [-0.25, -0.2) is 0 Å². The van der Waals surface area contributed by atoms with E-state index in [0.29, 0.717) is 22.5 Å². The van der Waals surface area contributed by atoms with Gasteiger partial charge in [-0.1, -0.05) is 84.9 Å². The van der Waals surface area contributed by atoms with Crippen LogP contribution in [0.1, 0.15) is 24.0 Å². The highest BCUT2D eigenvalue weighted by Gasteiger charge is 2.30. The summed E-state index contributed by atoms with van der Waals surface area (Å²) in [5.41, 5.74) is 12.9. The summed E-state index contributed by atoms with van der Waals surface area (Å²) in [5, 5.41) is 60.6. The molecule has 0 radical (unpaired) electrons. The number of benzene rings is 8. The third-order valence-corrected chi connectivity index (χ3v) is 12.6. The number of aromatic nitrogens is 1. The van der Waals surface area contributed by atoms with E-state index in [4.69, 9.17) is 4.42 Å². The maximum atomic E-state index is 11.2. The van der Waals surface area contributed by atoms with Crippen molar-refractivity contribution in [1.29, 1.82) is 0 Å². The molecule has 0 aliphatic heterocycles. The Morgan fingerprint density at radius 3 is 2.07 bits per heavy atom. The van der Waals surface area contributed by atoms with Crippen LogP contribution in [-0.2, 0) is 6.42 Å². The van der Waals surface area contributed by atoms with Crippen LogP contribution in [0.25, 0.3) is 82.5 Å². The Balaban J connectivity index is 1.02. The number of fused-ring (bicyclic) bond motifs is 11. The number of nitrogens with zero attached hydrogens (tertiary/aromatic N) is 2. The number of phenols is 5. The molecule has 2 aliphatic carbocycles. The fourth-order valence-electron chi connectivity index (χ4n) is 9.69. The van der Waals surface area contributed by atoms with Gasteiger partial charge >= 0.3 is 0 Å². The van der Waals surface area contributed by atoms with Gasteiger partial charge in [0.2, 0.25) is 17.2 Å². The lowest BCUT2D eigenvalue weighted by molar-refractivity contribution is 0.329. The molecule has 8 heteroatoms. The van der Waals surface area contributed by atoms with Crippen LogP contribution in [0, 0.1) is 0 Å². The molecule has 5 N–H and O–H groups in total. The van der Waals surface area contributed by atoms with Crippen molar-refractivity contribution < 1.29 is 29.9 Å². The number of rotatable bonds is 5. The molecule has 10 aromatic rings. The van der Waals surface area contributed by atoms with Gasteiger partial charge in [0.15, 0.2) is 11.5 Å². The second-order valence-electron chi connectivity index (χ2n) is 16.0. The molecule has 61 heavy (non-hydrogen) atoms. The van der Waals surface area contributed by atoms with Crippen LogP contribution in [0.3, 0.4) is 0 Å². The summed E-state index contributed by atoms with van der Waals surface area (Å²) in [7, 11) is 0. The molecule has 8 nitrogen and oxygen atoms in total. The first-order valence-electron chi connectivity index (χ1n) is 20.3. The lowest BCUT2D eigenvalue weighted by Gasteiger charge is -2.27. The van der Waals surface area contributed by atoms with Crippen molar-refractivity contribution in [2.75, 3.05) is 4.90 Å². The van der Waals surface area contributed by atoms with Crippen molar-refractivity contribution in [3.05, 3.63) is 163 Å². The van der Waals surface area contributed by atoms with Crippen LogP contribution in [0.4, 0.5) is 17.1 Å². The van der Waals surface area contributed by atoms with Gasteiger partial charge in [0, 0.05) is 38.6 Å². The van der Waals surface area contributed by atoms with Crippen LogP contribution in [0.15, 0.2) is 156 Å². The molecule has 12 rings (SSSR count). The van der Waals surface area contributed by atoms with E-state index in [9.17, 15) is 25.5 Å².